The zero-order valence-electron chi connectivity index (χ0n) is 16.9. The van der Waals surface area contributed by atoms with Crippen molar-refractivity contribution in [1.29, 1.82) is 0 Å². The van der Waals surface area contributed by atoms with Crippen molar-refractivity contribution in [3.05, 3.63) is 65.5 Å². The SMILES string of the molecule is CC(C)CC(NC(=O)OCc1ccc(NC(=O)Cc2ccc(F)cc2)cc1)C(=O)O. The minimum Gasteiger partial charge on any atom is -0.480 e. The molecule has 2 aromatic carbocycles. The second-order valence-electron chi connectivity index (χ2n) is 7.29. The number of anilines is 1. The molecule has 1 unspecified atom stereocenters. The Morgan fingerprint density at radius 3 is 2.17 bits per heavy atom. The Kier molecular flexibility index (Phi) is 8.34. The van der Waals surface area contributed by atoms with E-state index >= 15 is 0 Å². The lowest BCUT2D eigenvalue weighted by atomic mass is 10.0. The van der Waals surface area contributed by atoms with Crippen LogP contribution in [-0.2, 0) is 27.4 Å². The fraction of sp³-hybridized carbons (Fsp3) is 0.318. The third-order valence-electron chi connectivity index (χ3n) is 4.18. The maximum atomic E-state index is 12.9. The summed E-state index contributed by atoms with van der Waals surface area (Å²) in [6, 6.07) is 11.4. The molecule has 8 heteroatoms. The quantitative estimate of drug-likeness (QED) is 0.578. The molecule has 30 heavy (non-hydrogen) atoms. The Morgan fingerprint density at radius 1 is 1.00 bits per heavy atom. The van der Waals surface area contributed by atoms with Crippen LogP contribution in [0.3, 0.4) is 0 Å². The highest BCUT2D eigenvalue weighted by Gasteiger charge is 2.21. The first-order valence-corrected chi connectivity index (χ1v) is 9.52. The van der Waals surface area contributed by atoms with Gasteiger partial charge in [-0.05, 0) is 47.7 Å². The van der Waals surface area contributed by atoms with E-state index in [9.17, 15) is 18.8 Å². The molecule has 2 rings (SSSR count). The van der Waals surface area contributed by atoms with E-state index in [-0.39, 0.29) is 30.7 Å². The lowest BCUT2D eigenvalue weighted by Crippen LogP contribution is -2.41. The molecular weight excluding hydrogens is 391 g/mol. The summed E-state index contributed by atoms with van der Waals surface area (Å²) in [4.78, 5) is 35.1. The van der Waals surface area contributed by atoms with Gasteiger partial charge in [0.15, 0.2) is 0 Å². The minimum atomic E-state index is -1.11. The summed E-state index contributed by atoms with van der Waals surface area (Å²) < 4.78 is 18.0. The molecule has 0 heterocycles. The maximum absolute atomic E-state index is 12.9. The van der Waals surface area contributed by atoms with Gasteiger partial charge in [0.1, 0.15) is 18.5 Å². The van der Waals surface area contributed by atoms with Crippen molar-refractivity contribution in [3.8, 4) is 0 Å². The van der Waals surface area contributed by atoms with Crippen molar-refractivity contribution >= 4 is 23.7 Å². The number of carboxylic acid groups (broad SMARTS) is 1. The molecule has 2 aromatic rings. The van der Waals surface area contributed by atoms with E-state index in [0.29, 0.717) is 23.2 Å². The minimum absolute atomic E-state index is 0.0380. The molecule has 0 bridgehead atoms. The topological polar surface area (TPSA) is 105 Å². The first-order chi connectivity index (χ1) is 14.2. The monoisotopic (exact) mass is 416 g/mol. The summed E-state index contributed by atoms with van der Waals surface area (Å²) in [5.41, 5.74) is 1.94. The Morgan fingerprint density at radius 2 is 1.60 bits per heavy atom. The van der Waals surface area contributed by atoms with Gasteiger partial charge in [-0.3, -0.25) is 4.79 Å². The molecule has 0 fully saturated rings. The average Bonchev–Trinajstić information content (AvgIpc) is 2.68. The second kappa shape index (κ2) is 10.9. The van der Waals surface area contributed by atoms with Gasteiger partial charge in [0.25, 0.3) is 0 Å². The Bertz CT molecular complexity index is 866. The zero-order valence-corrected chi connectivity index (χ0v) is 16.9. The number of alkyl carbamates (subject to hydrolysis) is 1. The van der Waals surface area contributed by atoms with Gasteiger partial charge in [-0.2, -0.15) is 0 Å². The van der Waals surface area contributed by atoms with Crippen LogP contribution in [-0.4, -0.2) is 29.1 Å². The molecule has 0 saturated carbocycles. The number of carbonyl (C=O) groups is 3. The molecule has 1 atom stereocenters. The van der Waals surface area contributed by atoms with Gasteiger partial charge in [-0.1, -0.05) is 38.1 Å². The van der Waals surface area contributed by atoms with E-state index in [0.717, 1.165) is 0 Å². The summed E-state index contributed by atoms with van der Waals surface area (Å²) in [5.74, 6) is -1.60. The third kappa shape index (κ3) is 7.90. The van der Waals surface area contributed by atoms with E-state index in [4.69, 9.17) is 9.84 Å². The largest absolute Gasteiger partial charge is 0.480 e. The summed E-state index contributed by atoms with van der Waals surface area (Å²) in [6.07, 6.45) is -0.386. The second-order valence-corrected chi connectivity index (χ2v) is 7.29. The van der Waals surface area contributed by atoms with E-state index in [1.165, 1.54) is 12.1 Å². The molecule has 7 nitrogen and oxygen atoms in total. The van der Waals surface area contributed by atoms with Gasteiger partial charge < -0.3 is 20.5 Å². The summed E-state index contributed by atoms with van der Waals surface area (Å²) in [6.45, 7) is 3.69. The molecule has 0 aliphatic rings. The van der Waals surface area contributed by atoms with E-state index in [2.05, 4.69) is 10.6 Å². The summed E-state index contributed by atoms with van der Waals surface area (Å²) in [5, 5.41) is 14.2. The van der Waals surface area contributed by atoms with Crippen molar-refractivity contribution in [1.82, 2.24) is 5.32 Å². The number of carboxylic acids is 1. The Labute approximate surface area is 174 Å². The number of carbonyl (C=O) groups excluding carboxylic acids is 2. The van der Waals surface area contributed by atoms with Crippen LogP contribution in [0.4, 0.5) is 14.9 Å². The molecule has 0 spiro atoms. The lowest BCUT2D eigenvalue weighted by molar-refractivity contribution is -0.139. The molecule has 0 aliphatic carbocycles. The number of benzene rings is 2. The maximum Gasteiger partial charge on any atom is 0.408 e. The van der Waals surface area contributed by atoms with E-state index in [1.54, 1.807) is 36.4 Å². The van der Waals surface area contributed by atoms with Gasteiger partial charge in [0.2, 0.25) is 5.91 Å². The van der Waals surface area contributed by atoms with Crippen LogP contribution in [0.15, 0.2) is 48.5 Å². The number of rotatable bonds is 9. The number of hydrogen-bond acceptors (Lipinski definition) is 4. The van der Waals surface area contributed by atoms with Crippen molar-refractivity contribution in [2.75, 3.05) is 5.32 Å². The van der Waals surface area contributed by atoms with Crippen LogP contribution in [0.25, 0.3) is 0 Å². The zero-order chi connectivity index (χ0) is 22.1. The summed E-state index contributed by atoms with van der Waals surface area (Å²) in [7, 11) is 0. The number of halogens is 1. The molecule has 160 valence electrons. The first-order valence-electron chi connectivity index (χ1n) is 9.52. The van der Waals surface area contributed by atoms with Crippen LogP contribution in [0.2, 0.25) is 0 Å². The fourth-order valence-electron chi connectivity index (χ4n) is 2.70. The van der Waals surface area contributed by atoms with Crippen molar-refractivity contribution in [3.63, 3.8) is 0 Å². The highest BCUT2D eigenvalue weighted by molar-refractivity contribution is 5.92. The standard InChI is InChI=1S/C22H25FN2O5/c1-14(2)11-19(21(27)28)25-22(29)30-13-16-5-9-18(10-6-16)24-20(26)12-15-3-7-17(23)8-4-15/h3-10,14,19H,11-13H2,1-2H3,(H,24,26)(H,25,29)(H,27,28). The normalized spacial score (nSPS) is 11.6. The van der Waals surface area contributed by atoms with Crippen molar-refractivity contribution < 1.29 is 28.6 Å². The summed E-state index contributed by atoms with van der Waals surface area (Å²) >= 11 is 0. The molecule has 3 N–H and O–H groups in total. The van der Waals surface area contributed by atoms with E-state index in [1.807, 2.05) is 13.8 Å². The third-order valence-corrected chi connectivity index (χ3v) is 4.18. The van der Waals surface area contributed by atoms with Crippen LogP contribution < -0.4 is 10.6 Å². The highest BCUT2D eigenvalue weighted by Crippen LogP contribution is 2.12. The van der Waals surface area contributed by atoms with Crippen LogP contribution in [0.5, 0.6) is 0 Å². The molecule has 2 amide bonds. The fourth-order valence-corrected chi connectivity index (χ4v) is 2.70. The molecule has 0 aromatic heterocycles. The van der Waals surface area contributed by atoms with Crippen LogP contribution >= 0.6 is 0 Å². The number of hydrogen-bond donors (Lipinski definition) is 3. The predicted octanol–water partition coefficient (Wildman–Crippen LogP) is 3.73. The first kappa shape index (κ1) is 22.9. The van der Waals surface area contributed by atoms with Crippen LogP contribution in [0.1, 0.15) is 31.4 Å². The van der Waals surface area contributed by atoms with Gasteiger partial charge in [-0.15, -0.1) is 0 Å². The molecule has 0 radical (unpaired) electrons. The van der Waals surface area contributed by atoms with E-state index < -0.39 is 18.1 Å². The number of aliphatic carboxylic acids is 1. The Hall–Kier alpha value is -3.42. The average molecular weight is 416 g/mol. The number of nitrogens with one attached hydrogen (secondary N) is 2. The van der Waals surface area contributed by atoms with Crippen molar-refractivity contribution in [2.45, 2.75) is 39.3 Å². The van der Waals surface area contributed by atoms with Gasteiger partial charge in [-0.25, -0.2) is 14.0 Å². The lowest BCUT2D eigenvalue weighted by Gasteiger charge is -2.16. The van der Waals surface area contributed by atoms with Gasteiger partial charge in [0.05, 0.1) is 6.42 Å². The molecule has 0 aliphatic heterocycles. The Balaban J connectivity index is 1.81. The van der Waals surface area contributed by atoms with Crippen LogP contribution in [0, 0.1) is 11.7 Å². The van der Waals surface area contributed by atoms with Gasteiger partial charge in [0, 0.05) is 5.69 Å². The number of amides is 2. The number of ether oxygens (including phenoxy) is 1. The smallest absolute Gasteiger partial charge is 0.408 e. The molecular formula is C22H25FN2O5. The highest BCUT2D eigenvalue weighted by atomic mass is 19.1. The van der Waals surface area contributed by atoms with Gasteiger partial charge >= 0.3 is 12.1 Å². The molecule has 0 saturated heterocycles. The van der Waals surface area contributed by atoms with Crippen molar-refractivity contribution in [2.24, 2.45) is 5.92 Å². The predicted molar refractivity (Wildman–Crippen MR) is 109 cm³/mol.